The molecular weight excluding hydrogens is 354 g/mol. The second-order valence-electron chi connectivity index (χ2n) is 7.72. The van der Waals surface area contributed by atoms with E-state index in [2.05, 4.69) is 18.9 Å². The Balaban J connectivity index is 1.78. The minimum Gasteiger partial charge on any atom is -0.449 e. The lowest BCUT2D eigenvalue weighted by molar-refractivity contribution is -0.146. The van der Waals surface area contributed by atoms with Crippen molar-refractivity contribution in [3.63, 3.8) is 0 Å². The molecule has 1 aliphatic rings. The molecule has 1 aromatic heterocycles. The van der Waals surface area contributed by atoms with Crippen LogP contribution in [0, 0.1) is 13.8 Å². The number of amides is 1. The quantitative estimate of drug-likeness (QED) is 0.753. The summed E-state index contributed by atoms with van der Waals surface area (Å²) < 4.78 is 7.30. The van der Waals surface area contributed by atoms with Crippen molar-refractivity contribution in [1.82, 2.24) is 14.7 Å². The number of para-hydroxylation sites is 1. The second-order valence-corrected chi connectivity index (χ2v) is 7.72. The molecule has 6 heteroatoms. The van der Waals surface area contributed by atoms with Crippen molar-refractivity contribution < 1.29 is 14.3 Å². The zero-order valence-corrected chi connectivity index (χ0v) is 17.3. The van der Waals surface area contributed by atoms with E-state index in [1.807, 2.05) is 42.2 Å². The Morgan fingerprint density at radius 3 is 2.32 bits per heavy atom. The lowest BCUT2D eigenvalue weighted by Gasteiger charge is -2.40. The van der Waals surface area contributed by atoms with Crippen molar-refractivity contribution in [3.05, 3.63) is 47.3 Å². The number of hydrogen-bond acceptors (Lipinski definition) is 4. The van der Waals surface area contributed by atoms with Gasteiger partial charge in [-0.25, -0.2) is 9.48 Å². The van der Waals surface area contributed by atoms with Crippen LogP contribution in [-0.2, 0) is 9.53 Å². The normalized spacial score (nSPS) is 20.7. The van der Waals surface area contributed by atoms with E-state index in [1.54, 1.807) is 18.5 Å². The molecule has 150 valence electrons. The molecule has 0 saturated carbocycles. The summed E-state index contributed by atoms with van der Waals surface area (Å²) in [6, 6.07) is 9.97. The summed E-state index contributed by atoms with van der Waals surface area (Å²) in [7, 11) is 0. The van der Waals surface area contributed by atoms with Gasteiger partial charge in [-0.1, -0.05) is 18.2 Å². The van der Waals surface area contributed by atoms with Crippen LogP contribution in [0.25, 0.3) is 5.69 Å². The molecule has 0 unspecified atom stereocenters. The first-order valence-electron chi connectivity index (χ1n) is 9.96. The summed E-state index contributed by atoms with van der Waals surface area (Å²) in [6.07, 6.45) is 2.27. The van der Waals surface area contributed by atoms with Crippen LogP contribution in [-0.4, -0.2) is 44.7 Å². The van der Waals surface area contributed by atoms with Crippen molar-refractivity contribution in [3.8, 4) is 5.69 Å². The van der Waals surface area contributed by atoms with Gasteiger partial charge in [-0.15, -0.1) is 0 Å². The standard InChI is InChI=1S/C22H29N3O3/c1-14-10-9-11-15(2)24(14)21(26)18(5)28-22(27)20-16(3)23-25(17(20)4)19-12-7-6-8-13-19/h6-8,12-15,18H,9-11H2,1-5H3/t14-,15-,18-/m0/s1. The third-order valence-electron chi connectivity index (χ3n) is 5.58. The maximum absolute atomic E-state index is 12.9. The molecular formula is C22H29N3O3. The molecule has 6 nitrogen and oxygen atoms in total. The molecule has 2 aromatic rings. The summed E-state index contributed by atoms with van der Waals surface area (Å²) in [4.78, 5) is 27.6. The molecule has 0 spiro atoms. The van der Waals surface area contributed by atoms with Gasteiger partial charge in [0.2, 0.25) is 0 Å². The Kier molecular flexibility index (Phi) is 5.87. The Labute approximate surface area is 166 Å². The van der Waals surface area contributed by atoms with Crippen LogP contribution >= 0.6 is 0 Å². The number of hydrogen-bond donors (Lipinski definition) is 0. The summed E-state index contributed by atoms with van der Waals surface area (Å²) in [5.74, 6) is -0.630. The maximum atomic E-state index is 12.9. The Morgan fingerprint density at radius 1 is 1.11 bits per heavy atom. The van der Waals surface area contributed by atoms with E-state index in [-0.39, 0.29) is 18.0 Å². The number of piperidine rings is 1. The minimum absolute atomic E-state index is 0.126. The molecule has 0 radical (unpaired) electrons. The highest BCUT2D eigenvalue weighted by atomic mass is 16.5. The lowest BCUT2D eigenvalue weighted by Crippen LogP contribution is -2.51. The fraction of sp³-hybridized carbons (Fsp3) is 0.500. The van der Waals surface area contributed by atoms with Crippen LogP contribution in [0.5, 0.6) is 0 Å². The molecule has 1 aliphatic heterocycles. The zero-order valence-electron chi connectivity index (χ0n) is 17.3. The van der Waals surface area contributed by atoms with Gasteiger partial charge in [0.05, 0.1) is 17.1 Å². The van der Waals surface area contributed by atoms with Gasteiger partial charge in [-0.05, 0) is 66.0 Å². The van der Waals surface area contributed by atoms with Gasteiger partial charge in [0.1, 0.15) is 5.56 Å². The highest BCUT2D eigenvalue weighted by Crippen LogP contribution is 2.25. The number of benzene rings is 1. The summed E-state index contributed by atoms with van der Waals surface area (Å²) in [5, 5.41) is 4.49. The van der Waals surface area contributed by atoms with Crippen LogP contribution in [0.3, 0.4) is 0 Å². The molecule has 1 fully saturated rings. The van der Waals surface area contributed by atoms with Crippen molar-refractivity contribution in [2.24, 2.45) is 0 Å². The highest BCUT2D eigenvalue weighted by molar-refractivity contribution is 5.94. The number of esters is 1. The van der Waals surface area contributed by atoms with Crippen molar-refractivity contribution in [1.29, 1.82) is 0 Å². The van der Waals surface area contributed by atoms with E-state index in [9.17, 15) is 9.59 Å². The fourth-order valence-corrected chi connectivity index (χ4v) is 4.09. The van der Waals surface area contributed by atoms with Crippen LogP contribution in [0.4, 0.5) is 0 Å². The predicted octanol–water partition coefficient (Wildman–Crippen LogP) is 3.82. The van der Waals surface area contributed by atoms with E-state index >= 15 is 0 Å². The first-order chi connectivity index (χ1) is 13.3. The number of aryl methyl sites for hydroxylation is 1. The zero-order chi connectivity index (χ0) is 20.4. The maximum Gasteiger partial charge on any atom is 0.342 e. The average Bonchev–Trinajstić information content (AvgIpc) is 2.96. The van der Waals surface area contributed by atoms with Crippen LogP contribution in [0.2, 0.25) is 0 Å². The van der Waals surface area contributed by atoms with Crippen molar-refractivity contribution in [2.75, 3.05) is 0 Å². The third kappa shape index (κ3) is 3.81. The van der Waals surface area contributed by atoms with Crippen LogP contribution in [0.1, 0.15) is 61.8 Å². The van der Waals surface area contributed by atoms with E-state index in [1.165, 1.54) is 0 Å². The number of carbonyl (C=O) groups is 2. The molecule has 0 bridgehead atoms. The first-order valence-corrected chi connectivity index (χ1v) is 9.96. The van der Waals surface area contributed by atoms with Gasteiger partial charge in [0, 0.05) is 12.1 Å². The van der Waals surface area contributed by atoms with Crippen molar-refractivity contribution >= 4 is 11.9 Å². The average molecular weight is 383 g/mol. The lowest BCUT2D eigenvalue weighted by atomic mass is 9.97. The van der Waals surface area contributed by atoms with Gasteiger partial charge in [0.25, 0.3) is 5.91 Å². The van der Waals surface area contributed by atoms with Gasteiger partial charge in [0.15, 0.2) is 6.10 Å². The molecule has 1 saturated heterocycles. The second kappa shape index (κ2) is 8.17. The van der Waals surface area contributed by atoms with Crippen LogP contribution in [0.15, 0.2) is 30.3 Å². The number of ether oxygens (including phenoxy) is 1. The SMILES string of the molecule is Cc1nn(-c2ccccc2)c(C)c1C(=O)O[C@@H](C)C(=O)N1[C@@H](C)CCC[C@@H]1C. The molecule has 28 heavy (non-hydrogen) atoms. The monoisotopic (exact) mass is 383 g/mol. The molecule has 3 atom stereocenters. The largest absolute Gasteiger partial charge is 0.449 e. The molecule has 0 aliphatic carbocycles. The van der Waals surface area contributed by atoms with Crippen molar-refractivity contribution in [2.45, 2.75) is 72.1 Å². The first kappa shape index (κ1) is 20.1. The highest BCUT2D eigenvalue weighted by Gasteiger charge is 2.34. The van der Waals surface area contributed by atoms with Gasteiger partial charge in [-0.3, -0.25) is 4.79 Å². The molecule has 0 N–H and O–H groups in total. The number of carbonyl (C=O) groups excluding carboxylic acids is 2. The summed E-state index contributed by atoms with van der Waals surface area (Å²) >= 11 is 0. The van der Waals surface area contributed by atoms with Crippen LogP contribution < -0.4 is 0 Å². The van der Waals surface area contributed by atoms with E-state index in [0.717, 1.165) is 24.9 Å². The molecule has 1 amide bonds. The van der Waals surface area contributed by atoms with Gasteiger partial charge >= 0.3 is 5.97 Å². The fourth-order valence-electron chi connectivity index (χ4n) is 4.09. The topological polar surface area (TPSA) is 64.4 Å². The minimum atomic E-state index is -0.825. The Morgan fingerprint density at radius 2 is 1.71 bits per heavy atom. The molecule has 2 heterocycles. The molecule has 1 aromatic carbocycles. The number of rotatable bonds is 4. The van der Waals surface area contributed by atoms with E-state index < -0.39 is 12.1 Å². The summed E-state index contributed by atoms with van der Waals surface area (Å²) in [6.45, 7) is 9.39. The Hall–Kier alpha value is -2.63. The summed E-state index contributed by atoms with van der Waals surface area (Å²) in [5.41, 5.74) is 2.59. The van der Waals surface area contributed by atoms with E-state index in [0.29, 0.717) is 17.0 Å². The number of aromatic nitrogens is 2. The molecule has 3 rings (SSSR count). The Bertz CT molecular complexity index is 849. The predicted molar refractivity (Wildman–Crippen MR) is 108 cm³/mol. The van der Waals surface area contributed by atoms with E-state index in [4.69, 9.17) is 4.74 Å². The number of nitrogens with zero attached hydrogens (tertiary/aromatic N) is 3. The van der Waals surface area contributed by atoms with Gasteiger partial charge in [-0.2, -0.15) is 5.10 Å². The smallest absolute Gasteiger partial charge is 0.342 e. The third-order valence-corrected chi connectivity index (χ3v) is 5.58. The van der Waals surface area contributed by atoms with Gasteiger partial charge < -0.3 is 9.64 Å². The number of likely N-dealkylation sites (tertiary alicyclic amines) is 1.